The van der Waals surface area contributed by atoms with Crippen molar-refractivity contribution in [1.29, 1.82) is 0 Å². The van der Waals surface area contributed by atoms with Crippen molar-refractivity contribution in [1.82, 2.24) is 5.73 Å². The Balaban J connectivity index is 2.83. The molecule has 0 aliphatic heterocycles. The zero-order valence-electron chi connectivity index (χ0n) is 5.35. The van der Waals surface area contributed by atoms with E-state index in [0.29, 0.717) is 13.2 Å². The molecule has 1 amide bonds. The highest BCUT2D eigenvalue weighted by atomic mass is 16.6. The molecule has 9 heavy (non-hydrogen) atoms. The summed E-state index contributed by atoms with van der Waals surface area (Å²) in [7, 11) is 0. The van der Waals surface area contributed by atoms with E-state index >= 15 is 0 Å². The second-order valence-corrected chi connectivity index (χ2v) is 1.33. The summed E-state index contributed by atoms with van der Waals surface area (Å²) in [6, 6.07) is 0. The molecule has 0 aliphatic carbocycles. The summed E-state index contributed by atoms with van der Waals surface area (Å²) in [5, 5.41) is 0. The van der Waals surface area contributed by atoms with Crippen molar-refractivity contribution < 1.29 is 14.3 Å². The van der Waals surface area contributed by atoms with Crippen molar-refractivity contribution in [3.63, 3.8) is 0 Å². The third-order valence-electron chi connectivity index (χ3n) is 0.665. The maximum atomic E-state index is 9.80. The van der Waals surface area contributed by atoms with E-state index in [1.807, 2.05) is 6.92 Å². The molecule has 0 aromatic rings. The molecule has 0 spiro atoms. The normalized spacial score (nSPS) is 9.00. The first-order valence-corrected chi connectivity index (χ1v) is 2.73. The van der Waals surface area contributed by atoms with E-state index in [2.05, 4.69) is 4.74 Å². The lowest BCUT2D eigenvalue weighted by atomic mass is 10.7. The van der Waals surface area contributed by atoms with E-state index in [-0.39, 0.29) is 6.61 Å². The van der Waals surface area contributed by atoms with Crippen LogP contribution >= 0.6 is 0 Å². The number of carbonyl (C=O) groups is 1. The van der Waals surface area contributed by atoms with Gasteiger partial charge in [-0.1, -0.05) is 0 Å². The van der Waals surface area contributed by atoms with Gasteiger partial charge >= 0.3 is 6.09 Å². The molecule has 0 aromatic carbocycles. The quantitative estimate of drug-likeness (QED) is 0.521. The van der Waals surface area contributed by atoms with Gasteiger partial charge in [0.15, 0.2) is 0 Å². The minimum Gasteiger partial charge on any atom is -0.446 e. The first kappa shape index (κ1) is 8.23. The first-order chi connectivity index (χ1) is 4.27. The lowest BCUT2D eigenvalue weighted by molar-refractivity contribution is 0.0823. The van der Waals surface area contributed by atoms with Gasteiger partial charge in [0.1, 0.15) is 6.61 Å². The summed E-state index contributed by atoms with van der Waals surface area (Å²) in [6.07, 6.45) is -1.00. The fourth-order valence-electron chi connectivity index (χ4n) is 0.338. The van der Waals surface area contributed by atoms with Crippen molar-refractivity contribution in [3.05, 3.63) is 0 Å². The minimum atomic E-state index is -1.00. The Bertz CT molecular complexity index is 84.3. The lowest BCUT2D eigenvalue weighted by Crippen LogP contribution is -2.08. The van der Waals surface area contributed by atoms with Crippen LogP contribution in [-0.2, 0) is 9.47 Å². The lowest BCUT2D eigenvalue weighted by Gasteiger charge is -1.98. The molecule has 0 bridgehead atoms. The van der Waals surface area contributed by atoms with Crippen LogP contribution in [0, 0.1) is 0 Å². The highest BCUT2D eigenvalue weighted by molar-refractivity contribution is 5.63. The SMILES string of the molecule is CCOCCOC([NH])=O. The standard InChI is InChI=1S/C5H10NO3/c1-2-8-3-4-9-5(6)7/h6H,2-4H2,1H3. The van der Waals surface area contributed by atoms with Gasteiger partial charge in [-0.15, -0.1) is 0 Å². The van der Waals surface area contributed by atoms with E-state index in [1.54, 1.807) is 0 Å². The van der Waals surface area contributed by atoms with Gasteiger partial charge in [0.25, 0.3) is 0 Å². The summed E-state index contributed by atoms with van der Waals surface area (Å²) in [4.78, 5) is 9.80. The molecule has 0 aliphatic rings. The van der Waals surface area contributed by atoms with Crippen LogP contribution in [0.15, 0.2) is 0 Å². The van der Waals surface area contributed by atoms with Crippen LogP contribution in [0.25, 0.3) is 0 Å². The molecule has 0 saturated heterocycles. The summed E-state index contributed by atoms with van der Waals surface area (Å²) >= 11 is 0. The molecule has 0 aromatic heterocycles. The molecule has 0 fully saturated rings. The second-order valence-electron chi connectivity index (χ2n) is 1.33. The molecule has 4 nitrogen and oxygen atoms in total. The monoisotopic (exact) mass is 132 g/mol. The van der Waals surface area contributed by atoms with E-state index in [4.69, 9.17) is 10.5 Å². The number of amides is 1. The average Bonchev–Trinajstić information content (AvgIpc) is 1.80. The predicted molar refractivity (Wildman–Crippen MR) is 30.9 cm³/mol. The van der Waals surface area contributed by atoms with Gasteiger partial charge in [-0.25, -0.2) is 10.5 Å². The molecule has 0 heterocycles. The van der Waals surface area contributed by atoms with E-state index < -0.39 is 6.09 Å². The van der Waals surface area contributed by atoms with Crippen molar-refractivity contribution in [2.45, 2.75) is 6.92 Å². The Morgan fingerprint density at radius 2 is 2.22 bits per heavy atom. The molecule has 0 atom stereocenters. The maximum absolute atomic E-state index is 9.80. The van der Waals surface area contributed by atoms with Crippen molar-refractivity contribution in [2.24, 2.45) is 0 Å². The molecular weight excluding hydrogens is 122 g/mol. The average molecular weight is 132 g/mol. The van der Waals surface area contributed by atoms with Gasteiger partial charge in [0, 0.05) is 6.61 Å². The van der Waals surface area contributed by atoms with E-state index in [1.165, 1.54) is 0 Å². The Morgan fingerprint density at radius 1 is 1.56 bits per heavy atom. The Morgan fingerprint density at radius 3 is 2.67 bits per heavy atom. The number of hydrogen-bond acceptors (Lipinski definition) is 3. The summed E-state index contributed by atoms with van der Waals surface area (Å²) in [5.74, 6) is 0. The van der Waals surface area contributed by atoms with E-state index in [0.717, 1.165) is 0 Å². The maximum Gasteiger partial charge on any atom is 0.426 e. The van der Waals surface area contributed by atoms with Gasteiger partial charge < -0.3 is 9.47 Å². The largest absolute Gasteiger partial charge is 0.446 e. The Kier molecular flexibility index (Phi) is 4.91. The number of hydrogen-bond donors (Lipinski definition) is 0. The summed E-state index contributed by atoms with van der Waals surface area (Å²) < 4.78 is 9.07. The molecule has 4 heteroatoms. The smallest absolute Gasteiger partial charge is 0.426 e. The molecule has 1 radical (unpaired) electrons. The number of ether oxygens (including phenoxy) is 2. The zero-order valence-corrected chi connectivity index (χ0v) is 5.35. The predicted octanol–water partition coefficient (Wildman–Crippen LogP) is 0.442. The molecular formula is C5H10NO3. The van der Waals surface area contributed by atoms with Gasteiger partial charge in [-0.3, -0.25) is 0 Å². The van der Waals surface area contributed by atoms with Gasteiger partial charge in [0.05, 0.1) is 6.61 Å². The fourth-order valence-corrected chi connectivity index (χ4v) is 0.338. The Hall–Kier alpha value is -0.770. The highest BCUT2D eigenvalue weighted by Crippen LogP contribution is 1.77. The van der Waals surface area contributed by atoms with Gasteiger partial charge in [0.2, 0.25) is 0 Å². The topological polar surface area (TPSA) is 59.3 Å². The first-order valence-electron chi connectivity index (χ1n) is 2.73. The number of carbonyl (C=O) groups excluding carboxylic acids is 1. The summed E-state index contributed by atoms with van der Waals surface area (Å²) in [6.45, 7) is 3.01. The molecule has 53 valence electrons. The molecule has 0 unspecified atom stereocenters. The second kappa shape index (κ2) is 5.37. The molecule has 0 rings (SSSR count). The van der Waals surface area contributed by atoms with Crippen molar-refractivity contribution in [3.8, 4) is 0 Å². The van der Waals surface area contributed by atoms with Crippen LogP contribution in [0.5, 0.6) is 0 Å². The number of rotatable bonds is 4. The van der Waals surface area contributed by atoms with Crippen LogP contribution in [0.1, 0.15) is 6.92 Å². The highest BCUT2D eigenvalue weighted by Gasteiger charge is 1.91. The van der Waals surface area contributed by atoms with Gasteiger partial charge in [-0.2, -0.15) is 0 Å². The third-order valence-corrected chi connectivity index (χ3v) is 0.665. The van der Waals surface area contributed by atoms with E-state index in [9.17, 15) is 4.79 Å². The van der Waals surface area contributed by atoms with Crippen LogP contribution in [0.4, 0.5) is 4.79 Å². The Labute approximate surface area is 53.9 Å². The molecule has 1 N–H and O–H groups in total. The molecule has 0 saturated carbocycles. The van der Waals surface area contributed by atoms with Crippen molar-refractivity contribution >= 4 is 6.09 Å². The minimum absolute atomic E-state index is 0.177. The summed E-state index contributed by atoms with van der Waals surface area (Å²) in [5.41, 5.74) is 6.30. The van der Waals surface area contributed by atoms with Crippen LogP contribution in [-0.4, -0.2) is 25.9 Å². The van der Waals surface area contributed by atoms with Crippen molar-refractivity contribution in [2.75, 3.05) is 19.8 Å². The fraction of sp³-hybridized carbons (Fsp3) is 0.800. The number of nitrogens with one attached hydrogen (secondary N) is 1. The zero-order chi connectivity index (χ0) is 7.11. The van der Waals surface area contributed by atoms with Crippen LogP contribution in [0.3, 0.4) is 0 Å². The van der Waals surface area contributed by atoms with Crippen LogP contribution in [0.2, 0.25) is 0 Å². The van der Waals surface area contributed by atoms with Crippen LogP contribution < -0.4 is 5.73 Å². The van der Waals surface area contributed by atoms with Gasteiger partial charge in [-0.05, 0) is 6.92 Å². The third kappa shape index (κ3) is 7.23.